The third kappa shape index (κ3) is 4.24. The van der Waals surface area contributed by atoms with Gasteiger partial charge in [0.15, 0.2) is 0 Å². The first-order chi connectivity index (χ1) is 7.83. The Hall–Kier alpha value is -1.26. The zero-order chi connectivity index (χ0) is 13.1. The van der Waals surface area contributed by atoms with Gasteiger partial charge >= 0.3 is 0 Å². The number of benzene rings is 1. The molecule has 1 unspecified atom stereocenters. The Morgan fingerprint density at radius 1 is 1.41 bits per heavy atom. The van der Waals surface area contributed by atoms with Crippen molar-refractivity contribution in [3.05, 3.63) is 23.8 Å². The van der Waals surface area contributed by atoms with E-state index in [1.54, 1.807) is 27.0 Å². The van der Waals surface area contributed by atoms with E-state index >= 15 is 0 Å². The van der Waals surface area contributed by atoms with E-state index in [2.05, 4.69) is 0 Å². The standard InChI is InChI=1S/C13H21NO3/c1-9(14)11-6-5-10(16-4)7-12(11)17-8-13(2,3)15/h5-7,9,15H,8,14H2,1-4H3. The number of hydrogen-bond donors (Lipinski definition) is 2. The molecule has 0 bridgehead atoms. The largest absolute Gasteiger partial charge is 0.497 e. The van der Waals surface area contributed by atoms with Gasteiger partial charge in [-0.05, 0) is 26.8 Å². The Morgan fingerprint density at radius 3 is 2.53 bits per heavy atom. The number of rotatable bonds is 5. The highest BCUT2D eigenvalue weighted by atomic mass is 16.5. The number of hydrogen-bond acceptors (Lipinski definition) is 4. The highest BCUT2D eigenvalue weighted by Gasteiger charge is 2.16. The zero-order valence-corrected chi connectivity index (χ0v) is 10.9. The minimum Gasteiger partial charge on any atom is -0.497 e. The normalized spacial score (nSPS) is 13.3. The molecule has 0 amide bonds. The van der Waals surface area contributed by atoms with E-state index in [4.69, 9.17) is 15.2 Å². The van der Waals surface area contributed by atoms with E-state index < -0.39 is 5.60 Å². The van der Waals surface area contributed by atoms with Crippen molar-refractivity contribution < 1.29 is 14.6 Å². The molecule has 1 rings (SSSR count). The molecule has 0 aliphatic rings. The quantitative estimate of drug-likeness (QED) is 0.823. The topological polar surface area (TPSA) is 64.7 Å². The first-order valence-electron chi connectivity index (χ1n) is 5.62. The van der Waals surface area contributed by atoms with Crippen LogP contribution < -0.4 is 15.2 Å². The second-order valence-corrected chi connectivity index (χ2v) is 4.79. The summed E-state index contributed by atoms with van der Waals surface area (Å²) in [5.74, 6) is 1.36. The van der Waals surface area contributed by atoms with E-state index in [9.17, 15) is 5.11 Å². The van der Waals surface area contributed by atoms with Gasteiger partial charge in [0, 0.05) is 17.7 Å². The molecule has 0 saturated heterocycles. The molecule has 0 aliphatic heterocycles. The lowest BCUT2D eigenvalue weighted by atomic mass is 10.1. The molecule has 3 N–H and O–H groups in total. The molecule has 0 heterocycles. The van der Waals surface area contributed by atoms with Gasteiger partial charge in [-0.25, -0.2) is 0 Å². The maximum Gasteiger partial charge on any atom is 0.127 e. The van der Waals surface area contributed by atoms with Gasteiger partial charge in [-0.3, -0.25) is 0 Å². The van der Waals surface area contributed by atoms with Crippen molar-refractivity contribution in [2.24, 2.45) is 5.73 Å². The molecule has 0 spiro atoms. The molecule has 0 aliphatic carbocycles. The van der Waals surface area contributed by atoms with E-state index in [0.29, 0.717) is 11.5 Å². The molecule has 96 valence electrons. The van der Waals surface area contributed by atoms with Crippen LogP contribution in [0.2, 0.25) is 0 Å². The fourth-order valence-corrected chi connectivity index (χ4v) is 1.40. The van der Waals surface area contributed by atoms with Gasteiger partial charge in [0.2, 0.25) is 0 Å². The summed E-state index contributed by atoms with van der Waals surface area (Å²) >= 11 is 0. The second kappa shape index (κ2) is 5.38. The lowest BCUT2D eigenvalue weighted by Gasteiger charge is -2.21. The van der Waals surface area contributed by atoms with Crippen molar-refractivity contribution in [2.45, 2.75) is 32.4 Å². The van der Waals surface area contributed by atoms with Crippen molar-refractivity contribution in [3.8, 4) is 11.5 Å². The maximum atomic E-state index is 9.65. The Balaban J connectivity index is 2.93. The predicted molar refractivity (Wildman–Crippen MR) is 67.4 cm³/mol. The summed E-state index contributed by atoms with van der Waals surface area (Å²) in [6.07, 6.45) is 0. The van der Waals surface area contributed by atoms with E-state index in [-0.39, 0.29) is 12.6 Å². The number of ether oxygens (including phenoxy) is 2. The summed E-state index contributed by atoms with van der Waals surface area (Å²) in [6, 6.07) is 5.38. The molecule has 0 radical (unpaired) electrons. The van der Waals surface area contributed by atoms with Crippen molar-refractivity contribution in [1.29, 1.82) is 0 Å². The van der Waals surface area contributed by atoms with Crippen molar-refractivity contribution in [1.82, 2.24) is 0 Å². The van der Waals surface area contributed by atoms with Crippen LogP contribution in [0.25, 0.3) is 0 Å². The first-order valence-corrected chi connectivity index (χ1v) is 5.62. The third-order valence-electron chi connectivity index (χ3n) is 2.29. The van der Waals surface area contributed by atoms with Gasteiger partial charge in [0.25, 0.3) is 0 Å². The molecule has 1 aromatic rings. The Kier molecular flexibility index (Phi) is 4.37. The van der Waals surface area contributed by atoms with Crippen LogP contribution in [0.3, 0.4) is 0 Å². The summed E-state index contributed by atoms with van der Waals surface area (Å²) in [6.45, 7) is 5.48. The van der Waals surface area contributed by atoms with Crippen LogP contribution >= 0.6 is 0 Å². The lowest BCUT2D eigenvalue weighted by molar-refractivity contribution is 0.0280. The van der Waals surface area contributed by atoms with Crippen molar-refractivity contribution >= 4 is 0 Å². The van der Waals surface area contributed by atoms with Crippen LogP contribution in [0.5, 0.6) is 11.5 Å². The molecular weight excluding hydrogens is 218 g/mol. The highest BCUT2D eigenvalue weighted by Crippen LogP contribution is 2.29. The van der Waals surface area contributed by atoms with Gasteiger partial charge in [-0.1, -0.05) is 6.07 Å². The fraction of sp³-hybridized carbons (Fsp3) is 0.538. The molecule has 1 atom stereocenters. The molecule has 0 fully saturated rings. The summed E-state index contributed by atoms with van der Waals surface area (Å²) in [4.78, 5) is 0. The minimum atomic E-state index is -0.877. The van der Waals surface area contributed by atoms with Gasteiger partial charge in [-0.15, -0.1) is 0 Å². The Morgan fingerprint density at radius 2 is 2.06 bits per heavy atom. The van der Waals surface area contributed by atoms with Crippen molar-refractivity contribution in [3.63, 3.8) is 0 Å². The van der Waals surface area contributed by atoms with E-state index in [0.717, 1.165) is 5.56 Å². The highest BCUT2D eigenvalue weighted by molar-refractivity contribution is 5.42. The molecular formula is C13H21NO3. The average Bonchev–Trinajstić information content (AvgIpc) is 2.24. The van der Waals surface area contributed by atoms with Crippen LogP contribution in [0.15, 0.2) is 18.2 Å². The number of methoxy groups -OCH3 is 1. The molecule has 17 heavy (non-hydrogen) atoms. The van der Waals surface area contributed by atoms with Crippen LogP contribution in [0.1, 0.15) is 32.4 Å². The summed E-state index contributed by atoms with van der Waals surface area (Å²) in [5, 5.41) is 9.65. The monoisotopic (exact) mass is 239 g/mol. The second-order valence-electron chi connectivity index (χ2n) is 4.79. The smallest absolute Gasteiger partial charge is 0.127 e. The Bertz CT molecular complexity index is 369. The predicted octanol–water partition coefficient (Wildman–Crippen LogP) is 1.86. The number of aliphatic hydroxyl groups is 1. The summed E-state index contributed by atoms with van der Waals surface area (Å²) in [7, 11) is 1.60. The van der Waals surface area contributed by atoms with Crippen LogP contribution in [-0.2, 0) is 0 Å². The van der Waals surface area contributed by atoms with Gasteiger partial charge in [-0.2, -0.15) is 0 Å². The number of nitrogens with two attached hydrogens (primary N) is 1. The van der Waals surface area contributed by atoms with Gasteiger partial charge in [0.1, 0.15) is 18.1 Å². The third-order valence-corrected chi connectivity index (χ3v) is 2.29. The lowest BCUT2D eigenvalue weighted by Crippen LogP contribution is -2.28. The summed E-state index contributed by atoms with van der Waals surface area (Å²) in [5.41, 5.74) is 5.88. The Labute approximate surface area is 102 Å². The van der Waals surface area contributed by atoms with Crippen molar-refractivity contribution in [2.75, 3.05) is 13.7 Å². The van der Waals surface area contributed by atoms with E-state index in [1.165, 1.54) is 0 Å². The van der Waals surface area contributed by atoms with Crippen LogP contribution in [0.4, 0.5) is 0 Å². The average molecular weight is 239 g/mol. The fourth-order valence-electron chi connectivity index (χ4n) is 1.40. The molecule has 4 heteroatoms. The molecule has 0 aromatic heterocycles. The first kappa shape index (κ1) is 13.8. The molecule has 1 aromatic carbocycles. The van der Waals surface area contributed by atoms with Crippen LogP contribution in [-0.4, -0.2) is 24.4 Å². The summed E-state index contributed by atoms with van der Waals surface area (Å²) < 4.78 is 10.7. The zero-order valence-electron chi connectivity index (χ0n) is 10.9. The molecule has 4 nitrogen and oxygen atoms in total. The SMILES string of the molecule is COc1ccc(C(C)N)c(OCC(C)(C)O)c1. The van der Waals surface area contributed by atoms with Gasteiger partial charge in [0.05, 0.1) is 12.7 Å². The van der Waals surface area contributed by atoms with Gasteiger partial charge < -0.3 is 20.3 Å². The minimum absolute atomic E-state index is 0.127. The molecule has 0 saturated carbocycles. The van der Waals surface area contributed by atoms with E-state index in [1.807, 2.05) is 19.1 Å². The van der Waals surface area contributed by atoms with Crippen LogP contribution in [0, 0.1) is 0 Å². The maximum absolute atomic E-state index is 9.65.